The first kappa shape index (κ1) is 14.8. The number of halogens is 1. The van der Waals surface area contributed by atoms with Gasteiger partial charge in [-0.1, -0.05) is 29.9 Å². The summed E-state index contributed by atoms with van der Waals surface area (Å²) in [6.07, 6.45) is 5.41. The van der Waals surface area contributed by atoms with Gasteiger partial charge in [0.25, 0.3) is 0 Å². The molecular formula is C15H15ClN2OS. The molecule has 0 atom stereocenters. The van der Waals surface area contributed by atoms with Crippen molar-refractivity contribution in [1.82, 2.24) is 4.98 Å². The molecule has 104 valence electrons. The number of hydrogen-bond acceptors (Lipinski definition) is 3. The summed E-state index contributed by atoms with van der Waals surface area (Å²) in [6.45, 7) is 0.582. The minimum absolute atomic E-state index is 0.250. The van der Waals surface area contributed by atoms with Gasteiger partial charge in [-0.25, -0.2) is 0 Å². The van der Waals surface area contributed by atoms with Gasteiger partial charge < -0.3 is 10.5 Å². The monoisotopic (exact) mass is 306 g/mol. The molecule has 0 fully saturated rings. The summed E-state index contributed by atoms with van der Waals surface area (Å²) < 4.78 is 5.73. The highest BCUT2D eigenvalue weighted by atomic mass is 35.5. The molecule has 0 bridgehead atoms. The number of ether oxygens (including phenoxy) is 1. The van der Waals surface area contributed by atoms with E-state index in [1.807, 2.05) is 24.3 Å². The van der Waals surface area contributed by atoms with E-state index in [9.17, 15) is 0 Å². The van der Waals surface area contributed by atoms with Crippen molar-refractivity contribution in [3.05, 3.63) is 58.9 Å². The summed E-state index contributed by atoms with van der Waals surface area (Å²) in [5.41, 5.74) is 7.52. The Morgan fingerprint density at radius 3 is 2.70 bits per heavy atom. The summed E-state index contributed by atoms with van der Waals surface area (Å²) in [5, 5.41) is 0.518. The SMILES string of the molecule is NC(=S)c1c(Cl)cccc1OCCCc1ccncc1. The fourth-order valence-electron chi connectivity index (χ4n) is 1.87. The number of pyridine rings is 1. The van der Waals surface area contributed by atoms with Crippen LogP contribution in [0.5, 0.6) is 5.75 Å². The standard InChI is InChI=1S/C15H15ClN2OS/c16-12-4-1-5-13(14(12)15(17)20)19-10-2-3-11-6-8-18-9-7-11/h1,4-9H,2-3,10H2,(H2,17,20). The minimum Gasteiger partial charge on any atom is -0.493 e. The molecule has 0 amide bonds. The van der Waals surface area contributed by atoms with Crippen molar-refractivity contribution < 1.29 is 4.74 Å². The van der Waals surface area contributed by atoms with Crippen LogP contribution >= 0.6 is 23.8 Å². The van der Waals surface area contributed by atoms with Crippen molar-refractivity contribution in [3.8, 4) is 5.75 Å². The molecule has 0 aliphatic rings. The summed E-state index contributed by atoms with van der Waals surface area (Å²) in [5.74, 6) is 0.639. The lowest BCUT2D eigenvalue weighted by atomic mass is 10.1. The van der Waals surface area contributed by atoms with Gasteiger partial charge in [-0.3, -0.25) is 4.98 Å². The lowest BCUT2D eigenvalue weighted by molar-refractivity contribution is 0.310. The Morgan fingerprint density at radius 1 is 1.25 bits per heavy atom. The molecule has 3 nitrogen and oxygen atoms in total. The predicted octanol–water partition coefficient (Wildman–Crippen LogP) is 3.38. The molecule has 0 aliphatic heterocycles. The van der Waals surface area contributed by atoms with Crippen LogP contribution in [-0.4, -0.2) is 16.6 Å². The molecule has 2 aromatic rings. The molecule has 5 heteroatoms. The third-order valence-corrected chi connectivity index (χ3v) is 3.36. The number of nitrogens with two attached hydrogens (primary N) is 1. The number of aromatic nitrogens is 1. The van der Waals surface area contributed by atoms with Crippen LogP contribution in [0, 0.1) is 0 Å². The van der Waals surface area contributed by atoms with E-state index in [1.54, 1.807) is 18.5 Å². The largest absolute Gasteiger partial charge is 0.493 e. The molecule has 1 aromatic carbocycles. The number of aryl methyl sites for hydroxylation is 1. The molecule has 0 saturated carbocycles. The van der Waals surface area contributed by atoms with Gasteiger partial charge in [0.2, 0.25) is 0 Å². The summed E-state index contributed by atoms with van der Waals surface area (Å²) >= 11 is 11.1. The average Bonchev–Trinajstić information content (AvgIpc) is 2.44. The molecule has 0 saturated heterocycles. The van der Waals surface area contributed by atoms with Crippen LogP contribution in [0.2, 0.25) is 5.02 Å². The zero-order valence-corrected chi connectivity index (χ0v) is 12.5. The van der Waals surface area contributed by atoms with Crippen molar-refractivity contribution in [2.24, 2.45) is 5.73 Å². The summed E-state index contributed by atoms with van der Waals surface area (Å²) in [7, 11) is 0. The second-order valence-corrected chi connectivity index (χ2v) is 5.13. The molecule has 1 heterocycles. The van der Waals surface area contributed by atoms with Crippen LogP contribution < -0.4 is 10.5 Å². The van der Waals surface area contributed by atoms with Gasteiger partial charge in [0, 0.05) is 12.4 Å². The minimum atomic E-state index is 0.250. The molecule has 0 radical (unpaired) electrons. The van der Waals surface area contributed by atoms with E-state index >= 15 is 0 Å². The number of benzene rings is 1. The van der Waals surface area contributed by atoms with Gasteiger partial charge in [-0.15, -0.1) is 0 Å². The zero-order valence-electron chi connectivity index (χ0n) is 10.9. The lowest BCUT2D eigenvalue weighted by Crippen LogP contribution is -2.13. The summed E-state index contributed by atoms with van der Waals surface area (Å²) in [4.78, 5) is 4.24. The zero-order chi connectivity index (χ0) is 14.4. The molecular weight excluding hydrogens is 292 g/mol. The molecule has 1 aromatic heterocycles. The highest BCUT2D eigenvalue weighted by Gasteiger charge is 2.10. The maximum Gasteiger partial charge on any atom is 0.130 e. The van der Waals surface area contributed by atoms with E-state index in [-0.39, 0.29) is 4.99 Å². The van der Waals surface area contributed by atoms with Crippen molar-refractivity contribution in [2.45, 2.75) is 12.8 Å². The molecule has 0 unspecified atom stereocenters. The van der Waals surface area contributed by atoms with E-state index in [2.05, 4.69) is 4.98 Å². The van der Waals surface area contributed by atoms with E-state index in [0.717, 1.165) is 12.8 Å². The highest BCUT2D eigenvalue weighted by Crippen LogP contribution is 2.26. The Balaban J connectivity index is 1.92. The van der Waals surface area contributed by atoms with Crippen molar-refractivity contribution >= 4 is 28.8 Å². The molecule has 2 N–H and O–H groups in total. The van der Waals surface area contributed by atoms with Crippen LogP contribution in [0.25, 0.3) is 0 Å². The summed E-state index contributed by atoms with van der Waals surface area (Å²) in [6, 6.07) is 9.40. The van der Waals surface area contributed by atoms with Crippen LogP contribution in [0.4, 0.5) is 0 Å². The molecule has 20 heavy (non-hydrogen) atoms. The first-order chi connectivity index (χ1) is 9.68. The normalized spacial score (nSPS) is 10.2. The second-order valence-electron chi connectivity index (χ2n) is 4.28. The van der Waals surface area contributed by atoms with E-state index in [1.165, 1.54) is 5.56 Å². The van der Waals surface area contributed by atoms with Gasteiger partial charge in [-0.05, 0) is 42.7 Å². The molecule has 2 rings (SSSR count). The number of nitrogens with zero attached hydrogens (tertiary/aromatic N) is 1. The van der Waals surface area contributed by atoms with Gasteiger partial charge in [0.15, 0.2) is 0 Å². The van der Waals surface area contributed by atoms with Crippen LogP contribution in [-0.2, 0) is 6.42 Å². The van der Waals surface area contributed by atoms with Crippen LogP contribution in [0.15, 0.2) is 42.7 Å². The number of hydrogen-bond donors (Lipinski definition) is 1. The van der Waals surface area contributed by atoms with Gasteiger partial charge in [-0.2, -0.15) is 0 Å². The highest BCUT2D eigenvalue weighted by molar-refractivity contribution is 7.80. The Morgan fingerprint density at radius 2 is 2.00 bits per heavy atom. The Bertz CT molecular complexity index is 590. The quantitative estimate of drug-likeness (QED) is 0.656. The Hall–Kier alpha value is -1.65. The third kappa shape index (κ3) is 3.92. The van der Waals surface area contributed by atoms with Crippen molar-refractivity contribution in [3.63, 3.8) is 0 Å². The number of thiocarbonyl (C=S) groups is 1. The number of rotatable bonds is 6. The topological polar surface area (TPSA) is 48.1 Å². The fraction of sp³-hybridized carbons (Fsp3) is 0.200. The maximum absolute atomic E-state index is 6.08. The van der Waals surface area contributed by atoms with Crippen molar-refractivity contribution in [2.75, 3.05) is 6.61 Å². The third-order valence-electron chi connectivity index (χ3n) is 2.84. The van der Waals surface area contributed by atoms with Gasteiger partial charge in [0.1, 0.15) is 10.7 Å². The molecule has 0 spiro atoms. The van der Waals surface area contributed by atoms with Crippen molar-refractivity contribution in [1.29, 1.82) is 0 Å². The van der Waals surface area contributed by atoms with Crippen LogP contribution in [0.1, 0.15) is 17.5 Å². The Labute approximate surface area is 128 Å². The Kier molecular flexibility index (Phi) is 5.32. The lowest BCUT2D eigenvalue weighted by Gasteiger charge is -2.11. The first-order valence-corrected chi connectivity index (χ1v) is 7.07. The smallest absolute Gasteiger partial charge is 0.130 e. The van der Waals surface area contributed by atoms with E-state index in [0.29, 0.717) is 22.9 Å². The fourth-order valence-corrected chi connectivity index (χ4v) is 2.41. The van der Waals surface area contributed by atoms with E-state index in [4.69, 9.17) is 34.3 Å². The van der Waals surface area contributed by atoms with Gasteiger partial charge in [0.05, 0.1) is 17.2 Å². The van der Waals surface area contributed by atoms with Gasteiger partial charge >= 0.3 is 0 Å². The first-order valence-electron chi connectivity index (χ1n) is 6.28. The second kappa shape index (κ2) is 7.22. The van der Waals surface area contributed by atoms with Crippen LogP contribution in [0.3, 0.4) is 0 Å². The maximum atomic E-state index is 6.08. The molecule has 0 aliphatic carbocycles. The predicted molar refractivity (Wildman–Crippen MR) is 85.4 cm³/mol. The van der Waals surface area contributed by atoms with E-state index < -0.39 is 0 Å². The average molecular weight is 307 g/mol.